The number of hydrogen-bond acceptors (Lipinski definition) is 14. The lowest BCUT2D eigenvalue weighted by Gasteiger charge is -2.31. The van der Waals surface area contributed by atoms with Crippen molar-refractivity contribution in [3.05, 3.63) is 214 Å². The second-order valence-corrected chi connectivity index (χ2v) is 28.8. The fourth-order valence-electron chi connectivity index (χ4n) is 12.6. The van der Waals surface area contributed by atoms with Crippen LogP contribution in [0.25, 0.3) is 0 Å². The number of nitrogens with one attached hydrogen (secondary N) is 4. The Labute approximate surface area is 620 Å². The normalized spacial score (nSPS) is 16.5. The van der Waals surface area contributed by atoms with Gasteiger partial charge in [-0.05, 0) is 133 Å². The predicted molar refractivity (Wildman–Crippen MR) is 419 cm³/mol. The van der Waals surface area contributed by atoms with Crippen molar-refractivity contribution in [2.24, 2.45) is 29.4 Å². The fraction of sp³-hybridized carbons (Fsp3) is 0.500. The topological polar surface area (TPSA) is 205 Å². The van der Waals surface area contributed by atoms with Crippen molar-refractivity contribution >= 4 is 34.8 Å². The third-order valence-electron chi connectivity index (χ3n) is 19.2. The minimum Gasteiger partial charge on any atom is -0.493 e. The third-order valence-corrected chi connectivity index (χ3v) is 19.9. The molecular formula is C86H121N7O9S. The maximum absolute atomic E-state index is 13.3. The number of amides is 3. The number of thiazole rings is 1. The quantitative estimate of drug-likeness (QED) is 0.0244. The Morgan fingerprint density at radius 1 is 0.544 bits per heavy atom. The Bertz CT molecular complexity index is 3430. The zero-order valence-corrected chi connectivity index (χ0v) is 63.0. The lowest BCUT2D eigenvalue weighted by atomic mass is 9.87. The van der Waals surface area contributed by atoms with Gasteiger partial charge in [-0.1, -0.05) is 203 Å². The average molecular weight is 1430 g/mol. The van der Waals surface area contributed by atoms with E-state index in [2.05, 4.69) is 97.0 Å². The monoisotopic (exact) mass is 1430 g/mol. The van der Waals surface area contributed by atoms with Gasteiger partial charge in [0.2, 0.25) is 17.7 Å². The first kappa shape index (κ1) is 84.2. The summed E-state index contributed by atoms with van der Waals surface area (Å²) in [4.78, 5) is 58.7. The molecule has 0 bridgehead atoms. The van der Waals surface area contributed by atoms with Crippen LogP contribution in [-0.2, 0) is 35.1 Å². The molecule has 9 rings (SSSR count). The van der Waals surface area contributed by atoms with Crippen LogP contribution in [0.5, 0.6) is 17.2 Å². The number of morpholine rings is 1. The molecule has 11 atom stereocenters. The zero-order chi connectivity index (χ0) is 72.9. The third kappa shape index (κ3) is 30.1. The van der Waals surface area contributed by atoms with Crippen molar-refractivity contribution in [3.63, 3.8) is 0 Å². The second-order valence-electron chi connectivity index (χ2n) is 28.0. The zero-order valence-electron chi connectivity index (χ0n) is 62.2. The van der Waals surface area contributed by atoms with Crippen molar-refractivity contribution < 1.29 is 42.9 Å². The van der Waals surface area contributed by atoms with Gasteiger partial charge in [0.15, 0.2) is 0 Å². The first-order valence-electron chi connectivity index (χ1n) is 37.5. The van der Waals surface area contributed by atoms with Gasteiger partial charge in [-0.25, -0.2) is 4.98 Å². The van der Waals surface area contributed by atoms with Crippen LogP contribution in [0.4, 0.5) is 0 Å². The van der Waals surface area contributed by atoms with Crippen LogP contribution in [0.1, 0.15) is 196 Å². The number of ketones is 1. The molecule has 2 aliphatic rings. The highest BCUT2D eigenvalue weighted by atomic mass is 32.1. The molecule has 0 saturated carbocycles. The van der Waals surface area contributed by atoms with Crippen LogP contribution >= 0.6 is 11.3 Å². The summed E-state index contributed by atoms with van der Waals surface area (Å²) in [6, 6.07) is 53.0. The van der Waals surface area contributed by atoms with Gasteiger partial charge < -0.3 is 50.7 Å². The standard InChI is InChI=1S/C30H39N3O3S.C28H40N2O3.C27H38N2O3.CH4/c1-4-8-21(2)18-36-27-13-11-24(12-14-27)25(15-29(34)22(3)23-9-6-5-7-10-23)17-32-30(35)28(31)16-26-19-37-20-33-26;1-4-8-21(2)19-33-26-13-11-25(12-14-26)27(18-29-17-23-15-16-32-20-23)30-28(31)22(3)24-9-6-5-7-10-24;1-4-8-21(2)20-32-25-13-11-24(12-14-25)26(19-29-15-17-31-18-16-29)28-27(30)22(3)23-9-6-5-7-10-23;/h5-7,9-14,19-22,25,28H,4,8,15-18,31H2,1-3H3,(H,32,35);5-7,9-14,21-23,27,29H,4,8,15-20H2,1-3H3,(H,30,31);5-7,9-14,21-22,26H,4,8,15-20H2,1-3H3,(H,28,30);1H4/t21?,22-,25-,28+;21?,22-,23?,27-;21?,22-,26-;/m000./s1. The molecule has 3 amide bonds. The number of rotatable bonds is 39. The lowest BCUT2D eigenvalue weighted by molar-refractivity contribution is -0.123. The molecule has 1 aromatic heterocycles. The molecule has 3 heterocycles. The molecule has 0 aliphatic carbocycles. The van der Waals surface area contributed by atoms with Crippen LogP contribution in [0.2, 0.25) is 0 Å². The summed E-state index contributed by atoms with van der Waals surface area (Å²) in [5, 5.41) is 15.0. The van der Waals surface area contributed by atoms with E-state index in [1.54, 1.807) is 5.51 Å². The Hall–Kier alpha value is -7.77. The molecule has 0 radical (unpaired) electrons. The minimum atomic E-state index is -0.692. The van der Waals surface area contributed by atoms with E-state index in [0.29, 0.717) is 56.2 Å². The molecule has 16 nitrogen and oxygen atoms in total. The molecule has 560 valence electrons. The number of aromatic nitrogens is 1. The lowest BCUT2D eigenvalue weighted by Crippen LogP contribution is -2.43. The van der Waals surface area contributed by atoms with Crippen LogP contribution in [0.3, 0.4) is 0 Å². The number of nitrogens with zero attached hydrogens (tertiary/aromatic N) is 2. The van der Waals surface area contributed by atoms with E-state index in [9.17, 15) is 19.2 Å². The van der Waals surface area contributed by atoms with E-state index < -0.39 is 6.04 Å². The number of Topliss-reactive ketones (excluding diaryl/α,β-unsaturated/α-hetero) is 1. The van der Waals surface area contributed by atoms with Gasteiger partial charge in [0.1, 0.15) is 23.0 Å². The maximum atomic E-state index is 13.3. The summed E-state index contributed by atoms with van der Waals surface area (Å²) >= 11 is 1.48. The highest BCUT2D eigenvalue weighted by Crippen LogP contribution is 2.29. The van der Waals surface area contributed by atoms with Crippen LogP contribution in [0.15, 0.2) is 175 Å². The first-order chi connectivity index (χ1) is 49.5. The number of benzene rings is 6. The molecule has 2 saturated heterocycles. The summed E-state index contributed by atoms with van der Waals surface area (Å²) in [6.07, 6.45) is 8.75. The Balaban J connectivity index is 0.000000242. The first-order valence-corrected chi connectivity index (χ1v) is 38.4. The van der Waals surface area contributed by atoms with E-state index in [1.165, 1.54) is 37.0 Å². The molecular weight excluding hydrogens is 1310 g/mol. The van der Waals surface area contributed by atoms with Crippen molar-refractivity contribution in [3.8, 4) is 17.2 Å². The second kappa shape index (κ2) is 46.8. The van der Waals surface area contributed by atoms with Crippen LogP contribution in [-0.4, -0.2) is 125 Å². The SMILES string of the molecule is C.CCCC(C)COc1ccc([C@H](CN2CCOCC2)NC(=O)[C@@H](C)c2ccccc2)cc1.CCCC(C)COc1ccc([C@H](CNC(=O)[C@H](N)Cc2cscn2)CC(=O)[C@@H](C)c2ccccc2)cc1.CCCC(C)COc1ccc([C@H](CNCC2CCOC2)NC(=O)[C@@H](C)c2ccccc2)cc1. The predicted octanol–water partition coefficient (Wildman–Crippen LogP) is 16.0. The van der Waals surface area contributed by atoms with E-state index >= 15 is 0 Å². The van der Waals surface area contributed by atoms with Crippen molar-refractivity contribution in [2.75, 3.05) is 85.5 Å². The summed E-state index contributed by atoms with van der Waals surface area (Å²) in [7, 11) is 0. The summed E-state index contributed by atoms with van der Waals surface area (Å²) in [5.41, 5.74) is 14.9. The Kier molecular flexibility index (Phi) is 38.3. The van der Waals surface area contributed by atoms with Gasteiger partial charge in [0.25, 0.3) is 0 Å². The van der Waals surface area contributed by atoms with E-state index in [1.807, 2.05) is 166 Å². The smallest absolute Gasteiger partial charge is 0.237 e. The van der Waals surface area contributed by atoms with Crippen molar-refractivity contribution in [2.45, 2.75) is 169 Å². The average Bonchev–Trinajstić information content (AvgIpc) is 1.41. The van der Waals surface area contributed by atoms with Crippen molar-refractivity contribution in [1.82, 2.24) is 31.2 Å². The number of carbonyl (C=O) groups excluding carboxylic acids is 4. The van der Waals surface area contributed by atoms with Gasteiger partial charge in [0, 0.05) is 75.9 Å². The Morgan fingerprint density at radius 2 is 0.990 bits per heavy atom. The summed E-state index contributed by atoms with van der Waals surface area (Å²) in [5.74, 6) is 3.85. The molecule has 0 spiro atoms. The molecule has 2 fully saturated rings. The molecule has 7 aromatic rings. The van der Waals surface area contributed by atoms with E-state index in [-0.39, 0.29) is 66.7 Å². The van der Waals surface area contributed by atoms with Gasteiger partial charge in [-0.15, -0.1) is 11.3 Å². The molecule has 6 N–H and O–H groups in total. The fourth-order valence-corrected chi connectivity index (χ4v) is 13.2. The van der Waals surface area contributed by atoms with E-state index in [4.69, 9.17) is 29.4 Å². The summed E-state index contributed by atoms with van der Waals surface area (Å²) < 4.78 is 28.9. The number of nitrogens with two attached hydrogens (primary N) is 1. The van der Waals surface area contributed by atoms with Gasteiger partial charge >= 0.3 is 0 Å². The minimum absolute atomic E-state index is 0. The Morgan fingerprint density at radius 3 is 1.43 bits per heavy atom. The van der Waals surface area contributed by atoms with Gasteiger partial charge in [-0.3, -0.25) is 24.1 Å². The number of hydrogen-bond donors (Lipinski definition) is 5. The van der Waals surface area contributed by atoms with Crippen LogP contribution in [0, 0.1) is 23.7 Å². The van der Waals surface area contributed by atoms with E-state index in [0.717, 1.165) is 141 Å². The van der Waals surface area contributed by atoms with Gasteiger partial charge in [0.05, 0.1) is 80.8 Å². The van der Waals surface area contributed by atoms with Crippen LogP contribution < -0.4 is 41.2 Å². The number of ether oxygens (including phenoxy) is 5. The number of carbonyl (C=O) groups is 4. The molecule has 4 unspecified atom stereocenters. The van der Waals surface area contributed by atoms with Gasteiger partial charge in [-0.2, -0.15) is 0 Å². The molecule has 17 heteroatoms. The highest BCUT2D eigenvalue weighted by molar-refractivity contribution is 7.07. The highest BCUT2D eigenvalue weighted by Gasteiger charge is 2.27. The largest absolute Gasteiger partial charge is 0.493 e. The molecule has 6 aromatic carbocycles. The molecule has 2 aliphatic heterocycles. The summed E-state index contributed by atoms with van der Waals surface area (Å²) in [6.45, 7) is 28.8. The van der Waals surface area contributed by atoms with Crippen molar-refractivity contribution in [1.29, 1.82) is 0 Å². The maximum Gasteiger partial charge on any atom is 0.237 e. The molecule has 103 heavy (non-hydrogen) atoms.